The highest BCUT2D eigenvalue weighted by atomic mass is 15.2. The summed E-state index contributed by atoms with van der Waals surface area (Å²) in [6.45, 7) is 5.41. The highest BCUT2D eigenvalue weighted by Crippen LogP contribution is 2.28. The lowest BCUT2D eigenvalue weighted by atomic mass is 9.92. The minimum Gasteiger partial charge on any atom is -0.351 e. The van der Waals surface area contributed by atoms with Crippen molar-refractivity contribution in [2.24, 2.45) is 5.92 Å². The minimum absolute atomic E-state index is 0.428. The Kier molecular flexibility index (Phi) is 3.04. The van der Waals surface area contributed by atoms with Crippen molar-refractivity contribution in [1.82, 2.24) is 9.97 Å². The van der Waals surface area contributed by atoms with Crippen molar-refractivity contribution in [2.75, 3.05) is 11.4 Å². The summed E-state index contributed by atoms with van der Waals surface area (Å²) in [5.41, 5.74) is 0.434. The molecule has 0 saturated carbocycles. The van der Waals surface area contributed by atoms with E-state index in [4.69, 9.17) is 5.26 Å². The Morgan fingerprint density at radius 3 is 2.88 bits per heavy atom. The van der Waals surface area contributed by atoms with Crippen LogP contribution < -0.4 is 4.90 Å². The lowest BCUT2D eigenvalue weighted by molar-refractivity contribution is 0.361. The van der Waals surface area contributed by atoms with Gasteiger partial charge >= 0.3 is 0 Å². The molecule has 1 aliphatic rings. The molecule has 4 heteroatoms. The SMILES string of the molecule is CC1CCCN(c2nccnc2C#N)C1C. The lowest BCUT2D eigenvalue weighted by Crippen LogP contribution is -2.43. The zero-order valence-corrected chi connectivity index (χ0v) is 9.72. The van der Waals surface area contributed by atoms with Crippen LogP contribution in [0.3, 0.4) is 0 Å². The van der Waals surface area contributed by atoms with Gasteiger partial charge in [-0.2, -0.15) is 5.26 Å². The maximum Gasteiger partial charge on any atom is 0.183 e. The van der Waals surface area contributed by atoms with E-state index in [9.17, 15) is 0 Å². The molecule has 16 heavy (non-hydrogen) atoms. The molecule has 1 aromatic heterocycles. The Hall–Kier alpha value is -1.63. The topological polar surface area (TPSA) is 52.8 Å². The summed E-state index contributed by atoms with van der Waals surface area (Å²) in [7, 11) is 0. The zero-order chi connectivity index (χ0) is 11.5. The third-order valence-electron chi connectivity index (χ3n) is 3.43. The number of hydrogen-bond donors (Lipinski definition) is 0. The fourth-order valence-corrected chi connectivity index (χ4v) is 2.25. The molecule has 0 bridgehead atoms. The number of piperidine rings is 1. The van der Waals surface area contributed by atoms with Crippen LogP contribution in [0.5, 0.6) is 0 Å². The van der Waals surface area contributed by atoms with Gasteiger partial charge in [-0.15, -0.1) is 0 Å². The summed E-state index contributed by atoms with van der Waals surface area (Å²) >= 11 is 0. The van der Waals surface area contributed by atoms with Crippen molar-refractivity contribution in [3.05, 3.63) is 18.1 Å². The molecule has 2 atom stereocenters. The Morgan fingerprint density at radius 1 is 1.38 bits per heavy atom. The predicted molar refractivity (Wildman–Crippen MR) is 62.0 cm³/mol. The maximum atomic E-state index is 9.02. The summed E-state index contributed by atoms with van der Waals surface area (Å²) in [4.78, 5) is 10.6. The second-order valence-electron chi connectivity index (χ2n) is 4.39. The molecular formula is C12H16N4. The smallest absolute Gasteiger partial charge is 0.183 e. The van der Waals surface area contributed by atoms with E-state index in [1.54, 1.807) is 12.4 Å². The molecule has 2 unspecified atom stereocenters. The molecule has 0 N–H and O–H groups in total. The number of anilines is 1. The van der Waals surface area contributed by atoms with Crippen LogP contribution in [-0.4, -0.2) is 22.6 Å². The normalized spacial score (nSPS) is 25.2. The molecule has 0 radical (unpaired) electrons. The van der Waals surface area contributed by atoms with Crippen LogP contribution in [0.2, 0.25) is 0 Å². The van der Waals surface area contributed by atoms with Crippen LogP contribution in [0.15, 0.2) is 12.4 Å². The average Bonchev–Trinajstić information content (AvgIpc) is 2.33. The minimum atomic E-state index is 0.428. The van der Waals surface area contributed by atoms with E-state index in [-0.39, 0.29) is 0 Å². The van der Waals surface area contributed by atoms with E-state index in [0.29, 0.717) is 17.7 Å². The molecule has 2 heterocycles. The molecule has 1 aromatic rings. The molecule has 1 aliphatic heterocycles. The fourth-order valence-electron chi connectivity index (χ4n) is 2.25. The molecule has 0 aromatic carbocycles. The first kappa shape index (κ1) is 10.9. The Labute approximate surface area is 95.9 Å². The molecule has 4 nitrogen and oxygen atoms in total. The molecule has 0 spiro atoms. The number of nitriles is 1. The average molecular weight is 216 g/mol. The van der Waals surface area contributed by atoms with Crippen molar-refractivity contribution in [3.8, 4) is 6.07 Å². The van der Waals surface area contributed by atoms with E-state index >= 15 is 0 Å². The quantitative estimate of drug-likeness (QED) is 0.720. The third-order valence-corrected chi connectivity index (χ3v) is 3.43. The van der Waals surface area contributed by atoms with Gasteiger partial charge < -0.3 is 4.90 Å². The second-order valence-corrected chi connectivity index (χ2v) is 4.39. The van der Waals surface area contributed by atoms with E-state index in [1.807, 2.05) is 0 Å². The van der Waals surface area contributed by atoms with E-state index in [0.717, 1.165) is 18.8 Å². The second kappa shape index (κ2) is 4.48. The van der Waals surface area contributed by atoms with Crippen molar-refractivity contribution < 1.29 is 0 Å². The first-order chi connectivity index (χ1) is 7.74. The summed E-state index contributed by atoms with van der Waals surface area (Å²) in [5, 5.41) is 9.02. The number of nitrogens with zero attached hydrogens (tertiary/aromatic N) is 4. The van der Waals surface area contributed by atoms with Gasteiger partial charge in [-0.1, -0.05) is 6.92 Å². The number of hydrogen-bond acceptors (Lipinski definition) is 4. The first-order valence-electron chi connectivity index (χ1n) is 5.71. The van der Waals surface area contributed by atoms with Gasteiger partial charge in [0.25, 0.3) is 0 Å². The Bertz CT molecular complexity index is 410. The summed E-state index contributed by atoms with van der Waals surface area (Å²) in [5.74, 6) is 1.38. The van der Waals surface area contributed by atoms with Crippen LogP contribution in [0.4, 0.5) is 5.82 Å². The van der Waals surface area contributed by atoms with Gasteiger partial charge in [0, 0.05) is 25.0 Å². The molecule has 1 saturated heterocycles. The summed E-state index contributed by atoms with van der Waals surface area (Å²) < 4.78 is 0. The Morgan fingerprint density at radius 2 is 2.12 bits per heavy atom. The van der Waals surface area contributed by atoms with Crippen LogP contribution in [0.25, 0.3) is 0 Å². The van der Waals surface area contributed by atoms with Gasteiger partial charge in [-0.05, 0) is 25.7 Å². The van der Waals surface area contributed by atoms with Gasteiger partial charge in [0.2, 0.25) is 0 Å². The van der Waals surface area contributed by atoms with Gasteiger partial charge in [0.05, 0.1) is 0 Å². The Balaban J connectivity index is 2.33. The van der Waals surface area contributed by atoms with E-state index < -0.39 is 0 Å². The molecule has 2 rings (SSSR count). The van der Waals surface area contributed by atoms with Crippen molar-refractivity contribution in [1.29, 1.82) is 5.26 Å². The van der Waals surface area contributed by atoms with Crippen molar-refractivity contribution in [2.45, 2.75) is 32.7 Å². The van der Waals surface area contributed by atoms with Gasteiger partial charge in [-0.3, -0.25) is 0 Å². The maximum absolute atomic E-state index is 9.02. The summed E-state index contributed by atoms with van der Waals surface area (Å²) in [6, 6.07) is 2.54. The zero-order valence-electron chi connectivity index (χ0n) is 9.72. The summed E-state index contributed by atoms with van der Waals surface area (Å²) in [6.07, 6.45) is 5.63. The van der Waals surface area contributed by atoms with E-state index in [2.05, 4.69) is 34.8 Å². The molecule has 0 aliphatic carbocycles. The van der Waals surface area contributed by atoms with Gasteiger partial charge in [-0.25, -0.2) is 9.97 Å². The monoisotopic (exact) mass is 216 g/mol. The first-order valence-corrected chi connectivity index (χ1v) is 5.71. The highest BCUT2D eigenvalue weighted by molar-refractivity contribution is 5.50. The number of rotatable bonds is 1. The van der Waals surface area contributed by atoms with Crippen LogP contribution >= 0.6 is 0 Å². The lowest BCUT2D eigenvalue weighted by Gasteiger charge is -2.38. The van der Waals surface area contributed by atoms with Gasteiger partial charge in [0.1, 0.15) is 6.07 Å². The van der Waals surface area contributed by atoms with Crippen molar-refractivity contribution >= 4 is 5.82 Å². The van der Waals surface area contributed by atoms with Crippen LogP contribution in [0, 0.1) is 17.2 Å². The highest BCUT2D eigenvalue weighted by Gasteiger charge is 2.27. The predicted octanol–water partition coefficient (Wildman–Crippen LogP) is 1.97. The van der Waals surface area contributed by atoms with Gasteiger partial charge in [0.15, 0.2) is 11.5 Å². The van der Waals surface area contributed by atoms with E-state index in [1.165, 1.54) is 6.42 Å². The standard InChI is InChI=1S/C12H16N4/c1-9-4-3-7-16(10(9)2)12-11(8-13)14-5-6-15-12/h5-6,9-10H,3-4,7H2,1-2H3. The fraction of sp³-hybridized carbons (Fsp3) is 0.583. The number of aromatic nitrogens is 2. The molecular weight excluding hydrogens is 200 g/mol. The van der Waals surface area contributed by atoms with Crippen LogP contribution in [0.1, 0.15) is 32.4 Å². The molecule has 1 fully saturated rings. The molecule has 0 amide bonds. The largest absolute Gasteiger partial charge is 0.351 e. The van der Waals surface area contributed by atoms with Crippen LogP contribution in [-0.2, 0) is 0 Å². The third kappa shape index (κ3) is 1.85. The van der Waals surface area contributed by atoms with Crippen molar-refractivity contribution in [3.63, 3.8) is 0 Å². The molecule has 84 valence electrons.